The fourth-order valence-electron chi connectivity index (χ4n) is 4.55. The molecule has 0 saturated carbocycles. The minimum atomic E-state index is -1.77. The van der Waals surface area contributed by atoms with Crippen LogP contribution in [0.3, 0.4) is 0 Å². The summed E-state index contributed by atoms with van der Waals surface area (Å²) in [6.07, 6.45) is -8.92. The number of esters is 1. The quantitative estimate of drug-likeness (QED) is 0.0794. The summed E-state index contributed by atoms with van der Waals surface area (Å²) < 4.78 is 32.3. The first kappa shape index (κ1) is 34.5. The Morgan fingerprint density at radius 1 is 0.800 bits per heavy atom. The topological polar surface area (TPSA) is 223 Å². The number of alkyl carbamates (subject to hydrolysis) is 1. The number of methoxy groups -OCH3 is 1. The number of carbonyl (C=O) groups excluding carboxylic acids is 2. The van der Waals surface area contributed by atoms with Gasteiger partial charge in [0.25, 0.3) is 0 Å². The van der Waals surface area contributed by atoms with Crippen LogP contribution in [0.25, 0.3) is 0 Å². The molecule has 234 valence electrons. The van der Waals surface area contributed by atoms with Crippen LogP contribution in [0.2, 0.25) is 0 Å². The van der Waals surface area contributed by atoms with E-state index in [4.69, 9.17) is 23.7 Å². The van der Waals surface area contributed by atoms with Crippen LogP contribution in [0.15, 0.2) is 0 Å². The lowest BCUT2D eigenvalue weighted by Crippen LogP contribution is -2.68. The second kappa shape index (κ2) is 18.0. The van der Waals surface area contributed by atoms with Gasteiger partial charge in [0.1, 0.15) is 48.8 Å². The summed E-state index contributed by atoms with van der Waals surface area (Å²) in [7, 11) is 1.36. The summed E-state index contributed by atoms with van der Waals surface area (Å²) in [6.45, 7) is 0.521. The Labute approximate surface area is 233 Å². The molecule has 0 spiro atoms. The van der Waals surface area contributed by atoms with Crippen molar-refractivity contribution < 1.29 is 68.6 Å². The molecule has 2 fully saturated rings. The third kappa shape index (κ3) is 10.0. The maximum absolute atomic E-state index is 12.3. The first-order chi connectivity index (χ1) is 19.2. The number of hydrogen-bond acceptors (Lipinski definition) is 14. The SMILES string of the molecule is CCOC(=O)NC1C(OC2OC(CO)[C@@H](O)C(O)C2O)[C@@H](O)C(CO)O[C@H]1OCCCCCCCCC(=O)OC. The number of hydrogen-bond donors (Lipinski definition) is 7. The maximum atomic E-state index is 12.3. The molecule has 0 aromatic heterocycles. The van der Waals surface area contributed by atoms with Crippen molar-refractivity contribution in [1.29, 1.82) is 0 Å². The van der Waals surface area contributed by atoms with Gasteiger partial charge in [-0.25, -0.2) is 4.79 Å². The first-order valence-electron chi connectivity index (χ1n) is 13.7. The van der Waals surface area contributed by atoms with E-state index in [0.29, 0.717) is 12.8 Å². The largest absolute Gasteiger partial charge is 0.469 e. The van der Waals surface area contributed by atoms with E-state index in [0.717, 1.165) is 32.1 Å². The van der Waals surface area contributed by atoms with Gasteiger partial charge in [0, 0.05) is 13.0 Å². The molecule has 2 rings (SSSR count). The second-order valence-electron chi connectivity index (χ2n) is 9.72. The van der Waals surface area contributed by atoms with Crippen molar-refractivity contribution in [3.05, 3.63) is 0 Å². The van der Waals surface area contributed by atoms with Crippen molar-refractivity contribution >= 4 is 12.1 Å². The molecule has 2 saturated heterocycles. The second-order valence-corrected chi connectivity index (χ2v) is 9.72. The lowest BCUT2D eigenvalue weighted by atomic mass is 9.95. The van der Waals surface area contributed by atoms with Gasteiger partial charge in [-0.15, -0.1) is 0 Å². The number of aliphatic hydroxyl groups is 6. The van der Waals surface area contributed by atoms with Gasteiger partial charge >= 0.3 is 12.1 Å². The van der Waals surface area contributed by atoms with Crippen molar-refractivity contribution in [2.24, 2.45) is 0 Å². The van der Waals surface area contributed by atoms with Gasteiger partial charge < -0.3 is 64.4 Å². The zero-order valence-electron chi connectivity index (χ0n) is 23.0. The summed E-state index contributed by atoms with van der Waals surface area (Å²) in [5.41, 5.74) is 0. The highest BCUT2D eigenvalue weighted by atomic mass is 16.7. The van der Waals surface area contributed by atoms with Crippen LogP contribution in [0, 0.1) is 0 Å². The number of amides is 1. The van der Waals surface area contributed by atoms with Gasteiger partial charge in [-0.05, 0) is 19.8 Å². The zero-order chi connectivity index (χ0) is 29.7. The Morgan fingerprint density at radius 2 is 1.40 bits per heavy atom. The molecule has 40 heavy (non-hydrogen) atoms. The minimum absolute atomic E-state index is 0.0462. The highest BCUT2D eigenvalue weighted by molar-refractivity contribution is 5.69. The molecule has 0 radical (unpaired) electrons. The van der Waals surface area contributed by atoms with Crippen molar-refractivity contribution in [2.75, 3.05) is 33.5 Å². The molecular formula is C25H45NO14. The van der Waals surface area contributed by atoms with Crippen molar-refractivity contribution in [3.63, 3.8) is 0 Å². The zero-order valence-corrected chi connectivity index (χ0v) is 23.0. The number of unbranched alkanes of at least 4 members (excludes halogenated alkanes) is 5. The minimum Gasteiger partial charge on any atom is -0.469 e. The van der Waals surface area contributed by atoms with Crippen LogP contribution in [0.4, 0.5) is 4.79 Å². The molecule has 7 unspecified atom stereocenters. The number of aliphatic hydroxyl groups excluding tert-OH is 6. The Bertz CT molecular complexity index is 742. The molecular weight excluding hydrogens is 538 g/mol. The molecule has 7 N–H and O–H groups in total. The molecule has 10 atom stereocenters. The lowest BCUT2D eigenvalue weighted by molar-refractivity contribution is -0.344. The predicted molar refractivity (Wildman–Crippen MR) is 135 cm³/mol. The Balaban J connectivity index is 2.04. The van der Waals surface area contributed by atoms with E-state index in [2.05, 4.69) is 10.1 Å². The van der Waals surface area contributed by atoms with Crippen LogP contribution in [-0.4, -0.2) is 138 Å². The normalized spacial score (nSPS) is 34.3. The first-order valence-corrected chi connectivity index (χ1v) is 13.7. The molecule has 0 aromatic rings. The van der Waals surface area contributed by atoms with Gasteiger partial charge in [0.2, 0.25) is 0 Å². The highest BCUT2D eigenvalue weighted by Gasteiger charge is 2.51. The van der Waals surface area contributed by atoms with E-state index in [1.165, 1.54) is 7.11 Å². The maximum Gasteiger partial charge on any atom is 0.407 e. The van der Waals surface area contributed by atoms with E-state index >= 15 is 0 Å². The third-order valence-electron chi connectivity index (χ3n) is 6.84. The lowest BCUT2D eigenvalue weighted by Gasteiger charge is -2.47. The van der Waals surface area contributed by atoms with Crippen LogP contribution >= 0.6 is 0 Å². The van der Waals surface area contributed by atoms with Crippen molar-refractivity contribution in [3.8, 4) is 0 Å². The number of ether oxygens (including phenoxy) is 6. The van der Waals surface area contributed by atoms with Crippen LogP contribution in [0.5, 0.6) is 0 Å². The van der Waals surface area contributed by atoms with Gasteiger partial charge in [0.05, 0.1) is 26.9 Å². The monoisotopic (exact) mass is 583 g/mol. The van der Waals surface area contributed by atoms with Crippen LogP contribution < -0.4 is 5.32 Å². The Kier molecular flexibility index (Phi) is 15.5. The van der Waals surface area contributed by atoms with E-state index < -0.39 is 80.7 Å². The summed E-state index contributed by atoms with van der Waals surface area (Å²) in [5.74, 6) is -0.230. The molecule has 15 heteroatoms. The number of carbonyl (C=O) groups is 2. The van der Waals surface area contributed by atoms with Crippen molar-refractivity contribution in [1.82, 2.24) is 5.32 Å². The summed E-state index contributed by atoms with van der Waals surface area (Å²) in [4.78, 5) is 23.5. The number of nitrogens with one attached hydrogen (secondary N) is 1. The average molecular weight is 584 g/mol. The third-order valence-corrected chi connectivity index (χ3v) is 6.84. The molecule has 2 heterocycles. The molecule has 0 aliphatic carbocycles. The fourth-order valence-corrected chi connectivity index (χ4v) is 4.55. The van der Waals surface area contributed by atoms with Gasteiger partial charge in [-0.2, -0.15) is 0 Å². The summed E-state index contributed by atoms with van der Waals surface area (Å²) >= 11 is 0. The van der Waals surface area contributed by atoms with E-state index in [-0.39, 0.29) is 19.2 Å². The van der Waals surface area contributed by atoms with E-state index in [9.17, 15) is 40.2 Å². The molecule has 2 aliphatic heterocycles. The van der Waals surface area contributed by atoms with Crippen LogP contribution in [-0.2, 0) is 33.2 Å². The highest BCUT2D eigenvalue weighted by Crippen LogP contribution is 2.30. The molecule has 0 aromatic carbocycles. The van der Waals surface area contributed by atoms with Gasteiger partial charge in [-0.1, -0.05) is 25.7 Å². The Hall–Kier alpha value is -1.66. The molecule has 0 bridgehead atoms. The van der Waals surface area contributed by atoms with E-state index in [1.54, 1.807) is 6.92 Å². The fraction of sp³-hybridized carbons (Fsp3) is 0.920. The van der Waals surface area contributed by atoms with Crippen LogP contribution in [0.1, 0.15) is 51.9 Å². The molecule has 1 amide bonds. The Morgan fingerprint density at radius 3 is 2.02 bits per heavy atom. The van der Waals surface area contributed by atoms with Gasteiger partial charge in [-0.3, -0.25) is 4.79 Å². The van der Waals surface area contributed by atoms with Gasteiger partial charge in [0.15, 0.2) is 12.6 Å². The molecule has 15 nitrogen and oxygen atoms in total. The summed E-state index contributed by atoms with van der Waals surface area (Å²) in [5, 5.41) is 63.3. The summed E-state index contributed by atoms with van der Waals surface area (Å²) in [6, 6.07) is -1.21. The van der Waals surface area contributed by atoms with Crippen molar-refractivity contribution in [2.45, 2.75) is 113 Å². The molecule has 2 aliphatic rings. The van der Waals surface area contributed by atoms with E-state index in [1.807, 2.05) is 0 Å². The number of rotatable bonds is 16. The smallest absolute Gasteiger partial charge is 0.407 e. The predicted octanol–water partition coefficient (Wildman–Crippen LogP) is -1.72. The average Bonchev–Trinajstić information content (AvgIpc) is 2.94. The standard InChI is InChI=1S/C25H45NO14/c1-3-36-25(34)26-17-22(40-24-21(33)20(32)18(30)14(12-27)39-24)19(31)15(13-28)38-23(17)37-11-9-7-5-4-6-8-10-16(29)35-2/h14-15,17-24,27-28,30-33H,3-13H2,1-2H3,(H,26,34)/t14?,15?,17?,18-,19+,20?,21?,22?,23-,24?/m1/s1.